The predicted molar refractivity (Wildman–Crippen MR) is 62.9 cm³/mol. The highest BCUT2D eigenvalue weighted by Gasteiger charge is 1.95. The summed E-state index contributed by atoms with van der Waals surface area (Å²) in [7, 11) is 0. The van der Waals surface area contributed by atoms with Crippen LogP contribution in [0.4, 0.5) is 0 Å². The lowest BCUT2D eigenvalue weighted by molar-refractivity contribution is 0.469. The molecular formula is C11H24N2. The first-order valence-electron chi connectivity index (χ1n) is 4.94. The molecule has 0 aromatic rings. The Balaban J connectivity index is 0. The minimum atomic E-state index is 0.324. The average molecular weight is 184 g/mol. The van der Waals surface area contributed by atoms with Gasteiger partial charge in [-0.05, 0) is 12.3 Å². The second kappa shape index (κ2) is 7.96. The maximum absolute atomic E-state index is 3.89. The molecule has 0 saturated carbocycles. The Bertz CT molecular complexity index is 134. The molecule has 1 aliphatic heterocycles. The highest BCUT2D eigenvalue weighted by atomic mass is 14.9. The van der Waals surface area contributed by atoms with Gasteiger partial charge in [-0.15, -0.1) is 0 Å². The molecule has 0 N–H and O–H groups in total. The van der Waals surface area contributed by atoms with Crippen molar-refractivity contribution in [2.75, 3.05) is 0 Å². The van der Waals surface area contributed by atoms with Crippen molar-refractivity contribution in [3.05, 3.63) is 0 Å². The van der Waals surface area contributed by atoms with Crippen LogP contribution < -0.4 is 0 Å². The molecule has 2 heteroatoms. The Labute approximate surface area is 83.2 Å². The van der Waals surface area contributed by atoms with E-state index in [0.29, 0.717) is 11.5 Å². The van der Waals surface area contributed by atoms with Gasteiger partial charge in [0.1, 0.15) is 6.34 Å². The smallest absolute Gasteiger partial charge is 0.110 e. The van der Waals surface area contributed by atoms with Crippen LogP contribution in [0.3, 0.4) is 0 Å². The Morgan fingerprint density at radius 1 is 1.08 bits per heavy atom. The third-order valence-electron chi connectivity index (χ3n) is 0.670. The van der Waals surface area contributed by atoms with Crippen molar-refractivity contribution in [1.82, 2.24) is 0 Å². The van der Waals surface area contributed by atoms with Crippen molar-refractivity contribution in [2.45, 2.75) is 54.5 Å². The van der Waals surface area contributed by atoms with Crippen molar-refractivity contribution in [3.8, 4) is 0 Å². The molecule has 0 fully saturated rings. The molecule has 0 spiro atoms. The van der Waals surface area contributed by atoms with Gasteiger partial charge in [-0.1, -0.05) is 41.5 Å². The number of rotatable bonds is 0. The maximum atomic E-state index is 3.89. The van der Waals surface area contributed by atoms with Crippen LogP contribution in [0.5, 0.6) is 0 Å². The Morgan fingerprint density at radius 2 is 1.46 bits per heavy atom. The summed E-state index contributed by atoms with van der Waals surface area (Å²) in [5.41, 5.74) is 0.500. The molecule has 13 heavy (non-hydrogen) atoms. The Kier molecular flexibility index (Phi) is 9.09. The van der Waals surface area contributed by atoms with Gasteiger partial charge in [0.2, 0.25) is 0 Å². The molecule has 2 nitrogen and oxygen atoms in total. The molecule has 1 heterocycles. The first kappa shape index (κ1) is 14.8. The van der Waals surface area contributed by atoms with Gasteiger partial charge in [-0.2, -0.15) is 0 Å². The average Bonchev–Trinajstić information content (AvgIpc) is 2.40. The molecule has 1 aliphatic rings. The zero-order valence-corrected chi connectivity index (χ0v) is 10.1. The SMILES string of the molecule is CC.CC(C)(C)C.CC1C=NC=N1. The normalized spacial score (nSPS) is 18.5. The van der Waals surface area contributed by atoms with Crippen molar-refractivity contribution >= 4 is 12.6 Å². The first-order chi connectivity index (χ1) is 5.89. The summed E-state index contributed by atoms with van der Waals surface area (Å²) in [6.45, 7) is 14.7. The van der Waals surface area contributed by atoms with Gasteiger partial charge in [0.25, 0.3) is 0 Å². The summed E-state index contributed by atoms with van der Waals surface area (Å²) >= 11 is 0. The minimum absolute atomic E-state index is 0.324. The third-order valence-corrected chi connectivity index (χ3v) is 0.670. The zero-order valence-electron chi connectivity index (χ0n) is 10.1. The molecule has 0 aromatic heterocycles. The monoisotopic (exact) mass is 184 g/mol. The molecule has 0 aromatic carbocycles. The van der Waals surface area contributed by atoms with Gasteiger partial charge in [0.05, 0.1) is 6.04 Å². The van der Waals surface area contributed by atoms with Crippen LogP contribution in [-0.4, -0.2) is 18.6 Å². The number of aliphatic imine (C=N–C) groups is 2. The van der Waals surface area contributed by atoms with E-state index in [-0.39, 0.29) is 0 Å². The van der Waals surface area contributed by atoms with Crippen LogP contribution in [0.2, 0.25) is 0 Å². The molecule has 0 bridgehead atoms. The molecule has 1 rings (SSSR count). The Morgan fingerprint density at radius 3 is 1.54 bits per heavy atom. The fourth-order valence-electron chi connectivity index (χ4n) is 0.345. The van der Waals surface area contributed by atoms with E-state index in [1.165, 1.54) is 0 Å². The van der Waals surface area contributed by atoms with E-state index in [0.717, 1.165) is 0 Å². The summed E-state index contributed by atoms with van der Waals surface area (Å²) in [5.74, 6) is 0. The second-order valence-corrected chi connectivity index (χ2v) is 4.30. The van der Waals surface area contributed by atoms with Gasteiger partial charge in [0, 0.05) is 6.21 Å². The van der Waals surface area contributed by atoms with E-state index in [1.807, 2.05) is 20.8 Å². The molecule has 1 unspecified atom stereocenters. The first-order valence-corrected chi connectivity index (χ1v) is 4.94. The molecule has 0 amide bonds. The second-order valence-electron chi connectivity index (χ2n) is 4.30. The molecule has 0 saturated heterocycles. The van der Waals surface area contributed by atoms with Crippen LogP contribution in [0.25, 0.3) is 0 Å². The van der Waals surface area contributed by atoms with Crippen LogP contribution >= 0.6 is 0 Å². The van der Waals surface area contributed by atoms with E-state index in [4.69, 9.17) is 0 Å². The summed E-state index contributed by atoms with van der Waals surface area (Å²) in [6.07, 6.45) is 3.38. The van der Waals surface area contributed by atoms with Crippen molar-refractivity contribution < 1.29 is 0 Å². The quantitative estimate of drug-likeness (QED) is 0.550. The fraction of sp³-hybridized carbons (Fsp3) is 0.818. The lowest BCUT2D eigenvalue weighted by Gasteiger charge is -2.05. The minimum Gasteiger partial charge on any atom is -0.265 e. The van der Waals surface area contributed by atoms with E-state index in [1.54, 1.807) is 12.6 Å². The van der Waals surface area contributed by atoms with E-state index >= 15 is 0 Å². The van der Waals surface area contributed by atoms with Crippen LogP contribution in [0, 0.1) is 5.41 Å². The van der Waals surface area contributed by atoms with Gasteiger partial charge in [-0.3, -0.25) is 4.99 Å². The number of hydrogen-bond acceptors (Lipinski definition) is 2. The highest BCUT2D eigenvalue weighted by molar-refractivity contribution is 5.81. The standard InChI is InChI=1S/C5H12.C4H6N2.C2H6/c1-5(2,3)4;1-4-2-5-3-6-4;1-2/h1-4H3;2-4H,1H3;1-2H3. The summed E-state index contributed by atoms with van der Waals surface area (Å²) in [6, 6.07) is 0.324. The van der Waals surface area contributed by atoms with Crippen LogP contribution in [-0.2, 0) is 0 Å². The van der Waals surface area contributed by atoms with Crippen LogP contribution in [0.1, 0.15) is 48.5 Å². The largest absolute Gasteiger partial charge is 0.265 e. The molecule has 0 radical (unpaired) electrons. The molecule has 1 atom stereocenters. The third kappa shape index (κ3) is 24.6. The summed E-state index contributed by atoms with van der Waals surface area (Å²) in [5, 5.41) is 0. The number of hydrogen-bond donors (Lipinski definition) is 0. The summed E-state index contributed by atoms with van der Waals surface area (Å²) in [4.78, 5) is 7.64. The zero-order chi connectivity index (χ0) is 10.9. The van der Waals surface area contributed by atoms with Gasteiger partial charge >= 0.3 is 0 Å². The lowest BCUT2D eigenvalue weighted by atomic mass is 10.0. The van der Waals surface area contributed by atoms with Gasteiger partial charge < -0.3 is 0 Å². The van der Waals surface area contributed by atoms with Gasteiger partial charge in [0.15, 0.2) is 0 Å². The van der Waals surface area contributed by atoms with E-state index in [9.17, 15) is 0 Å². The Hall–Kier alpha value is -0.660. The molecule has 0 aliphatic carbocycles. The van der Waals surface area contributed by atoms with E-state index < -0.39 is 0 Å². The van der Waals surface area contributed by atoms with Crippen LogP contribution in [0.15, 0.2) is 9.98 Å². The topological polar surface area (TPSA) is 24.7 Å². The fourth-order valence-corrected chi connectivity index (χ4v) is 0.345. The number of nitrogens with zero attached hydrogens (tertiary/aromatic N) is 2. The van der Waals surface area contributed by atoms with Gasteiger partial charge in [-0.25, -0.2) is 4.99 Å². The van der Waals surface area contributed by atoms with Crippen molar-refractivity contribution in [2.24, 2.45) is 15.4 Å². The highest BCUT2D eigenvalue weighted by Crippen LogP contribution is 2.08. The summed E-state index contributed by atoms with van der Waals surface area (Å²) < 4.78 is 0. The van der Waals surface area contributed by atoms with Crippen molar-refractivity contribution in [1.29, 1.82) is 0 Å². The maximum Gasteiger partial charge on any atom is 0.110 e. The van der Waals surface area contributed by atoms with Crippen molar-refractivity contribution in [3.63, 3.8) is 0 Å². The molecule has 78 valence electrons. The molecular weight excluding hydrogens is 160 g/mol. The van der Waals surface area contributed by atoms with E-state index in [2.05, 4.69) is 37.7 Å². The lowest BCUT2D eigenvalue weighted by Crippen LogP contribution is -1.93. The predicted octanol–water partition coefficient (Wildman–Crippen LogP) is 3.57.